The number of nitrogens with one attached hydrogen (secondary N) is 2. The number of nitrogens with zero attached hydrogens (tertiary/aromatic N) is 3. The molecule has 2 N–H and O–H groups in total. The maximum Gasteiger partial charge on any atom is 0.190 e. The molecule has 0 aromatic heterocycles. The summed E-state index contributed by atoms with van der Waals surface area (Å²) in [6.07, 6.45) is 0. The van der Waals surface area contributed by atoms with Crippen LogP contribution in [-0.4, -0.2) is 75.7 Å². The van der Waals surface area contributed by atoms with Crippen molar-refractivity contribution in [2.24, 2.45) is 10.9 Å². The quantitative estimate of drug-likeness (QED) is 0.426. The minimum atomic E-state index is 0. The van der Waals surface area contributed by atoms with Crippen molar-refractivity contribution < 1.29 is 0 Å². The van der Waals surface area contributed by atoms with Crippen LogP contribution in [0.5, 0.6) is 0 Å². The van der Waals surface area contributed by atoms with Crippen LogP contribution in [0.4, 0.5) is 0 Å². The van der Waals surface area contributed by atoms with Crippen molar-refractivity contribution in [3.05, 3.63) is 0 Å². The predicted octanol–water partition coefficient (Wildman–Crippen LogP) is 0.671. The molecule has 6 heteroatoms. The van der Waals surface area contributed by atoms with Crippen LogP contribution >= 0.6 is 24.0 Å². The lowest BCUT2D eigenvalue weighted by atomic mass is 10.0. The van der Waals surface area contributed by atoms with Gasteiger partial charge in [0.1, 0.15) is 0 Å². The van der Waals surface area contributed by atoms with Gasteiger partial charge in [0.2, 0.25) is 0 Å². The number of rotatable bonds is 4. The first kappa shape index (κ1) is 18.9. The number of hydrogen-bond donors (Lipinski definition) is 2. The normalized spacial score (nSPS) is 20.0. The van der Waals surface area contributed by atoms with E-state index in [2.05, 4.69) is 46.3 Å². The average molecular weight is 383 g/mol. The van der Waals surface area contributed by atoms with E-state index in [1.54, 1.807) is 7.05 Å². The van der Waals surface area contributed by atoms with Gasteiger partial charge in [0.15, 0.2) is 5.96 Å². The number of guanidine groups is 1. The van der Waals surface area contributed by atoms with Crippen LogP contribution < -0.4 is 10.6 Å². The number of piperazine rings is 1. The Morgan fingerprint density at radius 3 is 2.21 bits per heavy atom. The summed E-state index contributed by atoms with van der Waals surface area (Å²) in [4.78, 5) is 9.16. The highest BCUT2D eigenvalue weighted by Gasteiger charge is 2.24. The van der Waals surface area contributed by atoms with Crippen molar-refractivity contribution >= 4 is 29.9 Å². The topological polar surface area (TPSA) is 42.9 Å². The van der Waals surface area contributed by atoms with Gasteiger partial charge in [-0.2, -0.15) is 0 Å². The van der Waals surface area contributed by atoms with Gasteiger partial charge in [-0.3, -0.25) is 9.89 Å². The molecule has 0 aliphatic carbocycles. The van der Waals surface area contributed by atoms with Crippen LogP contribution in [0.3, 0.4) is 0 Å². The third-order valence-corrected chi connectivity index (χ3v) is 3.72. The molecule has 0 aromatic carbocycles. The molecule has 114 valence electrons. The van der Waals surface area contributed by atoms with Crippen LogP contribution in [0.1, 0.15) is 13.8 Å². The Kier molecular flexibility index (Phi) is 9.72. The summed E-state index contributed by atoms with van der Waals surface area (Å²) in [6, 6.07) is 0.573. The van der Waals surface area contributed by atoms with E-state index in [1.165, 1.54) is 26.2 Å². The fraction of sp³-hybridized carbons (Fsp3) is 0.923. The summed E-state index contributed by atoms with van der Waals surface area (Å²) < 4.78 is 0. The van der Waals surface area contributed by atoms with Gasteiger partial charge in [0.25, 0.3) is 0 Å². The molecule has 5 nitrogen and oxygen atoms in total. The lowest BCUT2D eigenvalue weighted by molar-refractivity contribution is 0.0900. The fourth-order valence-electron chi connectivity index (χ4n) is 2.42. The Balaban J connectivity index is 0.00000324. The van der Waals surface area contributed by atoms with Gasteiger partial charge in [0.05, 0.1) is 0 Å². The highest BCUT2D eigenvalue weighted by atomic mass is 127. The molecule has 0 spiro atoms. The van der Waals surface area contributed by atoms with Gasteiger partial charge in [-0.05, 0) is 13.0 Å². The molecule has 19 heavy (non-hydrogen) atoms. The zero-order chi connectivity index (χ0) is 13.5. The summed E-state index contributed by atoms with van der Waals surface area (Å²) in [5.74, 6) is 1.52. The van der Waals surface area contributed by atoms with Crippen molar-refractivity contribution in [2.45, 2.75) is 19.9 Å². The van der Waals surface area contributed by atoms with E-state index >= 15 is 0 Å². The molecule has 0 radical (unpaired) electrons. The first-order chi connectivity index (χ1) is 8.58. The van der Waals surface area contributed by atoms with E-state index in [1.807, 2.05) is 7.05 Å². The average Bonchev–Trinajstić information content (AvgIpc) is 2.36. The highest BCUT2D eigenvalue weighted by molar-refractivity contribution is 14.0. The second-order valence-electron chi connectivity index (χ2n) is 5.35. The van der Waals surface area contributed by atoms with Crippen LogP contribution in [-0.2, 0) is 0 Å². The smallest absolute Gasteiger partial charge is 0.190 e. The zero-order valence-electron chi connectivity index (χ0n) is 12.9. The second kappa shape index (κ2) is 9.77. The third kappa shape index (κ3) is 6.27. The number of aliphatic imine (C=N–C) groups is 1. The number of halogens is 1. The molecule has 0 saturated carbocycles. The first-order valence-corrected chi connectivity index (χ1v) is 6.89. The molecular formula is C13H30IN5. The minimum Gasteiger partial charge on any atom is -0.359 e. The minimum absolute atomic E-state index is 0. The Labute approximate surface area is 135 Å². The molecular weight excluding hydrogens is 353 g/mol. The van der Waals surface area contributed by atoms with Gasteiger partial charge < -0.3 is 15.5 Å². The van der Waals surface area contributed by atoms with Gasteiger partial charge in [-0.25, -0.2) is 0 Å². The number of hydrogen-bond acceptors (Lipinski definition) is 3. The molecule has 1 atom stereocenters. The predicted molar refractivity (Wildman–Crippen MR) is 93.5 cm³/mol. The Bertz CT molecular complexity index is 262. The van der Waals surface area contributed by atoms with E-state index in [0.717, 1.165) is 12.5 Å². The van der Waals surface area contributed by atoms with Gasteiger partial charge >= 0.3 is 0 Å². The van der Waals surface area contributed by atoms with E-state index in [-0.39, 0.29) is 24.0 Å². The van der Waals surface area contributed by atoms with Crippen LogP contribution in [0.2, 0.25) is 0 Å². The van der Waals surface area contributed by atoms with Crippen molar-refractivity contribution in [2.75, 3.05) is 53.9 Å². The largest absolute Gasteiger partial charge is 0.359 e. The summed E-state index contributed by atoms with van der Waals surface area (Å²) in [5.41, 5.74) is 0. The molecule has 0 aromatic rings. The molecule has 1 unspecified atom stereocenters. The van der Waals surface area contributed by atoms with Gasteiger partial charge in [0, 0.05) is 52.9 Å². The standard InChI is InChI=1S/C13H29N5.HI/c1-11(2)12(10-16-13(14-3)15-4)18-8-6-17(5)7-9-18;/h11-12H,6-10H2,1-5H3,(H2,14,15,16);1H. The monoisotopic (exact) mass is 383 g/mol. The van der Waals surface area contributed by atoms with Crippen molar-refractivity contribution in [1.29, 1.82) is 0 Å². The lowest BCUT2D eigenvalue weighted by Crippen LogP contribution is -2.54. The summed E-state index contributed by atoms with van der Waals surface area (Å²) in [5, 5.41) is 6.46. The van der Waals surface area contributed by atoms with E-state index in [0.29, 0.717) is 12.0 Å². The SMILES string of the molecule is CN=C(NC)NCC(C(C)C)N1CCN(C)CC1.I. The fourth-order valence-corrected chi connectivity index (χ4v) is 2.42. The molecule has 1 fully saturated rings. The summed E-state index contributed by atoms with van der Waals surface area (Å²) in [7, 11) is 5.90. The van der Waals surface area contributed by atoms with Gasteiger partial charge in [-0.15, -0.1) is 24.0 Å². The molecule has 1 heterocycles. The molecule has 0 amide bonds. The molecule has 1 aliphatic heterocycles. The Hall–Kier alpha value is -0.0800. The van der Waals surface area contributed by atoms with Crippen molar-refractivity contribution in [3.63, 3.8) is 0 Å². The second-order valence-corrected chi connectivity index (χ2v) is 5.35. The van der Waals surface area contributed by atoms with Crippen LogP contribution in [0.25, 0.3) is 0 Å². The van der Waals surface area contributed by atoms with Crippen LogP contribution in [0.15, 0.2) is 4.99 Å². The number of likely N-dealkylation sites (N-methyl/N-ethyl adjacent to an activating group) is 1. The van der Waals surface area contributed by atoms with E-state index in [4.69, 9.17) is 0 Å². The van der Waals surface area contributed by atoms with E-state index in [9.17, 15) is 0 Å². The highest BCUT2D eigenvalue weighted by Crippen LogP contribution is 2.12. The Morgan fingerprint density at radius 1 is 1.21 bits per heavy atom. The summed E-state index contributed by atoms with van der Waals surface area (Å²) in [6.45, 7) is 10.2. The van der Waals surface area contributed by atoms with Gasteiger partial charge in [-0.1, -0.05) is 13.8 Å². The van der Waals surface area contributed by atoms with Crippen molar-refractivity contribution in [1.82, 2.24) is 20.4 Å². The van der Waals surface area contributed by atoms with Crippen molar-refractivity contribution in [3.8, 4) is 0 Å². The zero-order valence-corrected chi connectivity index (χ0v) is 15.3. The van der Waals surface area contributed by atoms with Crippen LogP contribution in [0, 0.1) is 5.92 Å². The molecule has 1 saturated heterocycles. The third-order valence-electron chi connectivity index (χ3n) is 3.72. The maximum atomic E-state index is 4.16. The lowest BCUT2D eigenvalue weighted by Gasteiger charge is -2.40. The van der Waals surface area contributed by atoms with E-state index < -0.39 is 0 Å². The maximum absolute atomic E-state index is 4.16. The Morgan fingerprint density at radius 2 is 1.79 bits per heavy atom. The first-order valence-electron chi connectivity index (χ1n) is 6.89. The molecule has 1 aliphatic rings. The molecule has 0 bridgehead atoms. The summed E-state index contributed by atoms with van der Waals surface area (Å²) >= 11 is 0. The molecule has 1 rings (SSSR count).